The lowest BCUT2D eigenvalue weighted by molar-refractivity contribution is -0.156. The first-order valence-corrected chi connectivity index (χ1v) is 3.78. The van der Waals surface area contributed by atoms with Crippen molar-refractivity contribution in [2.24, 2.45) is 11.1 Å². The SMILES string of the molecule is O=C1OCC[C@H]2ON=C(CF)C12. The Kier molecular flexibility index (Phi) is 1.71. The molecule has 0 saturated carbocycles. The summed E-state index contributed by atoms with van der Waals surface area (Å²) in [5, 5.41) is 3.49. The van der Waals surface area contributed by atoms with Crippen LogP contribution in [0.3, 0.4) is 0 Å². The van der Waals surface area contributed by atoms with Gasteiger partial charge in [0.15, 0.2) is 0 Å². The summed E-state index contributed by atoms with van der Waals surface area (Å²) in [6.07, 6.45) is 0.306. The molecule has 0 bridgehead atoms. The van der Waals surface area contributed by atoms with Crippen LogP contribution in [-0.4, -0.2) is 31.1 Å². The maximum Gasteiger partial charge on any atom is 0.318 e. The van der Waals surface area contributed by atoms with Gasteiger partial charge in [0.25, 0.3) is 0 Å². The number of esters is 1. The average Bonchev–Trinajstić information content (AvgIpc) is 2.49. The van der Waals surface area contributed by atoms with Crippen LogP contribution in [0.15, 0.2) is 5.16 Å². The number of carbonyl (C=O) groups is 1. The molecule has 5 heteroatoms. The zero-order valence-corrected chi connectivity index (χ0v) is 6.33. The van der Waals surface area contributed by atoms with Crippen LogP contribution >= 0.6 is 0 Å². The minimum absolute atomic E-state index is 0.157. The second-order valence-corrected chi connectivity index (χ2v) is 2.79. The van der Waals surface area contributed by atoms with E-state index in [0.717, 1.165) is 0 Å². The maximum atomic E-state index is 12.2. The third-order valence-electron chi connectivity index (χ3n) is 2.07. The van der Waals surface area contributed by atoms with Gasteiger partial charge in [0, 0.05) is 6.42 Å². The zero-order valence-electron chi connectivity index (χ0n) is 6.33. The Labute approximate surface area is 68.3 Å². The van der Waals surface area contributed by atoms with E-state index in [-0.39, 0.29) is 11.8 Å². The largest absolute Gasteiger partial charge is 0.465 e. The highest BCUT2D eigenvalue weighted by atomic mass is 19.1. The zero-order chi connectivity index (χ0) is 8.55. The summed E-state index contributed by atoms with van der Waals surface area (Å²) in [5.41, 5.74) is 0.157. The molecule has 2 aliphatic heterocycles. The summed E-state index contributed by atoms with van der Waals surface area (Å²) in [6.45, 7) is -0.397. The van der Waals surface area contributed by atoms with E-state index in [1.807, 2.05) is 0 Å². The Bertz CT molecular complexity index is 241. The van der Waals surface area contributed by atoms with E-state index in [1.165, 1.54) is 0 Å². The molecule has 2 aliphatic rings. The standard InChI is InChI=1S/C7H8FNO3/c8-3-4-6-5(12-9-4)1-2-11-7(6)10/h5-6H,1-3H2/t5-,6?/m1/s1. The van der Waals surface area contributed by atoms with Gasteiger partial charge in [0.1, 0.15) is 24.4 Å². The number of rotatable bonds is 1. The Morgan fingerprint density at radius 1 is 1.67 bits per heavy atom. The molecule has 0 amide bonds. The number of halogens is 1. The van der Waals surface area contributed by atoms with E-state index in [2.05, 4.69) is 5.16 Å². The molecule has 0 aromatic carbocycles. The molecule has 0 aliphatic carbocycles. The third kappa shape index (κ3) is 0.964. The number of cyclic esters (lactones) is 1. The van der Waals surface area contributed by atoms with Crippen molar-refractivity contribution in [2.75, 3.05) is 13.3 Å². The molecular weight excluding hydrogens is 165 g/mol. The Balaban J connectivity index is 2.18. The molecule has 12 heavy (non-hydrogen) atoms. The average molecular weight is 173 g/mol. The summed E-state index contributed by atoms with van der Waals surface area (Å²) < 4.78 is 17.0. The number of carbonyl (C=O) groups excluding carboxylic acids is 1. The lowest BCUT2D eigenvalue weighted by Gasteiger charge is -2.21. The molecule has 0 aromatic heterocycles. The lowest BCUT2D eigenvalue weighted by Crippen LogP contribution is -2.38. The van der Waals surface area contributed by atoms with Gasteiger partial charge in [-0.15, -0.1) is 0 Å². The van der Waals surface area contributed by atoms with Crippen LogP contribution in [0.1, 0.15) is 6.42 Å². The van der Waals surface area contributed by atoms with Crippen molar-refractivity contribution in [1.82, 2.24) is 0 Å². The third-order valence-corrected chi connectivity index (χ3v) is 2.07. The van der Waals surface area contributed by atoms with Gasteiger partial charge in [-0.1, -0.05) is 5.16 Å². The number of ether oxygens (including phenoxy) is 1. The summed E-state index contributed by atoms with van der Waals surface area (Å²) >= 11 is 0. The number of hydrogen-bond acceptors (Lipinski definition) is 4. The molecule has 1 fully saturated rings. The molecule has 66 valence electrons. The van der Waals surface area contributed by atoms with Crippen LogP contribution in [0.5, 0.6) is 0 Å². The van der Waals surface area contributed by atoms with Crippen molar-refractivity contribution in [3.8, 4) is 0 Å². The normalized spacial score (nSPS) is 33.4. The van der Waals surface area contributed by atoms with Crippen LogP contribution in [-0.2, 0) is 14.4 Å². The molecule has 2 rings (SSSR count). The van der Waals surface area contributed by atoms with Crippen molar-refractivity contribution >= 4 is 11.7 Å². The fourth-order valence-electron chi connectivity index (χ4n) is 1.45. The number of fused-ring (bicyclic) bond motifs is 1. The minimum atomic E-state index is -0.740. The predicted molar refractivity (Wildman–Crippen MR) is 37.3 cm³/mol. The molecule has 0 spiro atoms. The van der Waals surface area contributed by atoms with Gasteiger partial charge in [0.05, 0.1) is 6.61 Å². The summed E-state index contributed by atoms with van der Waals surface area (Å²) in [7, 11) is 0. The van der Waals surface area contributed by atoms with Crippen molar-refractivity contribution in [2.45, 2.75) is 12.5 Å². The molecule has 1 saturated heterocycles. The molecular formula is C7H8FNO3. The topological polar surface area (TPSA) is 47.9 Å². The number of oxime groups is 1. The van der Waals surface area contributed by atoms with Crippen molar-refractivity contribution in [3.63, 3.8) is 0 Å². The first-order valence-electron chi connectivity index (χ1n) is 3.78. The fraction of sp³-hybridized carbons (Fsp3) is 0.714. The Morgan fingerprint density at radius 3 is 3.25 bits per heavy atom. The summed E-state index contributed by atoms with van der Waals surface area (Å²) in [6, 6.07) is 0. The minimum Gasteiger partial charge on any atom is -0.465 e. The van der Waals surface area contributed by atoms with Crippen LogP contribution in [0, 0.1) is 5.92 Å². The number of nitrogens with zero attached hydrogens (tertiary/aromatic N) is 1. The van der Waals surface area contributed by atoms with Crippen LogP contribution in [0.25, 0.3) is 0 Å². The lowest BCUT2D eigenvalue weighted by atomic mass is 9.94. The van der Waals surface area contributed by atoms with Gasteiger partial charge in [0.2, 0.25) is 0 Å². The predicted octanol–water partition coefficient (Wildman–Crippen LogP) is 0.274. The van der Waals surface area contributed by atoms with Crippen LogP contribution < -0.4 is 0 Å². The number of alkyl halides is 1. The first kappa shape index (κ1) is 7.52. The van der Waals surface area contributed by atoms with E-state index >= 15 is 0 Å². The summed E-state index contributed by atoms with van der Waals surface area (Å²) in [5.74, 6) is -1.01. The van der Waals surface area contributed by atoms with Gasteiger partial charge in [-0.05, 0) is 0 Å². The second kappa shape index (κ2) is 2.73. The maximum absolute atomic E-state index is 12.2. The number of hydrogen-bond donors (Lipinski definition) is 0. The van der Waals surface area contributed by atoms with E-state index in [4.69, 9.17) is 9.57 Å². The monoisotopic (exact) mass is 173 g/mol. The Hall–Kier alpha value is -1.13. The van der Waals surface area contributed by atoms with Gasteiger partial charge >= 0.3 is 5.97 Å². The molecule has 2 atom stereocenters. The van der Waals surface area contributed by atoms with Gasteiger partial charge in [-0.3, -0.25) is 4.79 Å². The van der Waals surface area contributed by atoms with Crippen molar-refractivity contribution < 1.29 is 18.8 Å². The Morgan fingerprint density at radius 2 is 2.50 bits per heavy atom. The molecule has 4 nitrogen and oxygen atoms in total. The highest BCUT2D eigenvalue weighted by Crippen LogP contribution is 2.26. The highest BCUT2D eigenvalue weighted by Gasteiger charge is 2.43. The van der Waals surface area contributed by atoms with E-state index in [9.17, 15) is 9.18 Å². The van der Waals surface area contributed by atoms with Gasteiger partial charge in [-0.25, -0.2) is 4.39 Å². The van der Waals surface area contributed by atoms with E-state index < -0.39 is 18.6 Å². The summed E-state index contributed by atoms with van der Waals surface area (Å²) in [4.78, 5) is 16.0. The highest BCUT2D eigenvalue weighted by molar-refractivity contribution is 6.04. The van der Waals surface area contributed by atoms with E-state index in [1.54, 1.807) is 0 Å². The first-order chi connectivity index (χ1) is 5.83. The molecule has 2 heterocycles. The fourth-order valence-corrected chi connectivity index (χ4v) is 1.45. The van der Waals surface area contributed by atoms with Gasteiger partial charge < -0.3 is 9.57 Å². The molecule has 0 N–H and O–H groups in total. The van der Waals surface area contributed by atoms with Crippen molar-refractivity contribution in [1.29, 1.82) is 0 Å². The smallest absolute Gasteiger partial charge is 0.318 e. The van der Waals surface area contributed by atoms with Gasteiger partial charge in [-0.2, -0.15) is 0 Å². The van der Waals surface area contributed by atoms with Crippen LogP contribution in [0.2, 0.25) is 0 Å². The van der Waals surface area contributed by atoms with Crippen molar-refractivity contribution in [3.05, 3.63) is 0 Å². The molecule has 0 radical (unpaired) electrons. The van der Waals surface area contributed by atoms with Crippen LogP contribution in [0.4, 0.5) is 4.39 Å². The molecule has 1 unspecified atom stereocenters. The quantitative estimate of drug-likeness (QED) is 0.535. The molecule has 0 aromatic rings. The van der Waals surface area contributed by atoms with E-state index in [0.29, 0.717) is 13.0 Å². The second-order valence-electron chi connectivity index (χ2n) is 2.79.